The molecule has 0 atom stereocenters. The van der Waals surface area contributed by atoms with Crippen LogP contribution in [0.1, 0.15) is 64.7 Å². The topological polar surface area (TPSA) is 66.0 Å². The minimum atomic E-state index is -0.0261. The van der Waals surface area contributed by atoms with E-state index in [4.69, 9.17) is 4.74 Å². The lowest BCUT2D eigenvalue weighted by atomic mass is 9.84. The lowest BCUT2D eigenvalue weighted by Crippen LogP contribution is -2.52. The van der Waals surface area contributed by atoms with Gasteiger partial charge in [-0.15, -0.1) is 0 Å². The van der Waals surface area contributed by atoms with Crippen LogP contribution in [-0.2, 0) is 9.53 Å². The summed E-state index contributed by atoms with van der Waals surface area (Å²) in [6.45, 7) is 5.78. The second-order valence-corrected chi connectivity index (χ2v) is 7.80. The van der Waals surface area contributed by atoms with E-state index in [0.29, 0.717) is 12.3 Å². The number of piperidine rings is 1. The first kappa shape index (κ1) is 21.0. The number of nitrogens with one attached hydrogen (secondary N) is 2. The molecule has 0 aromatic carbocycles. The van der Waals surface area contributed by atoms with E-state index in [-0.39, 0.29) is 11.5 Å². The molecule has 0 bridgehead atoms. The Balaban J connectivity index is 1.84. The zero-order valence-electron chi connectivity index (χ0n) is 17.0. The van der Waals surface area contributed by atoms with E-state index >= 15 is 0 Å². The number of ether oxygens (including phenoxy) is 1. The number of likely N-dealkylation sites (tertiary alicyclic amines) is 1. The van der Waals surface area contributed by atoms with Crippen molar-refractivity contribution in [3.63, 3.8) is 0 Å². The van der Waals surface area contributed by atoms with Gasteiger partial charge in [0.2, 0.25) is 5.91 Å². The number of hydrogen-bond donors (Lipinski definition) is 2. The average Bonchev–Trinajstić information content (AvgIpc) is 2.68. The SMILES string of the molecule is CCCOC1(CNC(=NC)N2CCC(CC(=O)NC)CC2)CCCCC1. The zero-order chi connectivity index (χ0) is 18.8. The number of carbonyl (C=O) groups excluding carboxylic acids is 1. The predicted octanol–water partition coefficient (Wildman–Crippen LogP) is 2.54. The van der Waals surface area contributed by atoms with Gasteiger partial charge in [0.05, 0.1) is 5.60 Å². The Kier molecular flexibility index (Phi) is 8.69. The largest absolute Gasteiger partial charge is 0.373 e. The molecule has 0 aromatic heterocycles. The fourth-order valence-electron chi connectivity index (χ4n) is 4.17. The molecule has 1 saturated heterocycles. The van der Waals surface area contributed by atoms with Crippen LogP contribution in [0.5, 0.6) is 0 Å². The molecule has 1 amide bonds. The highest BCUT2D eigenvalue weighted by atomic mass is 16.5. The van der Waals surface area contributed by atoms with Gasteiger partial charge < -0.3 is 20.3 Å². The van der Waals surface area contributed by atoms with E-state index in [1.165, 1.54) is 19.3 Å². The molecule has 0 aromatic rings. The Morgan fingerprint density at radius 2 is 1.92 bits per heavy atom. The fraction of sp³-hybridized carbons (Fsp3) is 0.900. The Morgan fingerprint density at radius 3 is 2.50 bits per heavy atom. The minimum Gasteiger partial charge on any atom is -0.373 e. The molecule has 26 heavy (non-hydrogen) atoms. The zero-order valence-corrected chi connectivity index (χ0v) is 17.0. The van der Waals surface area contributed by atoms with Crippen molar-refractivity contribution in [2.45, 2.75) is 70.3 Å². The minimum absolute atomic E-state index is 0.0261. The van der Waals surface area contributed by atoms with Gasteiger partial charge in [-0.1, -0.05) is 26.2 Å². The number of hydrogen-bond acceptors (Lipinski definition) is 3. The van der Waals surface area contributed by atoms with Gasteiger partial charge in [0.25, 0.3) is 0 Å². The molecule has 1 aliphatic carbocycles. The maximum absolute atomic E-state index is 11.6. The molecule has 150 valence electrons. The van der Waals surface area contributed by atoms with Crippen LogP contribution >= 0.6 is 0 Å². The van der Waals surface area contributed by atoms with E-state index in [2.05, 4.69) is 27.4 Å². The molecule has 2 aliphatic rings. The number of rotatable bonds is 7. The quantitative estimate of drug-likeness (QED) is 0.537. The number of guanidine groups is 1. The molecule has 1 aliphatic heterocycles. The van der Waals surface area contributed by atoms with E-state index in [1.807, 2.05) is 7.05 Å². The van der Waals surface area contributed by atoms with Gasteiger partial charge in [-0.25, -0.2) is 0 Å². The van der Waals surface area contributed by atoms with Gasteiger partial charge in [0.15, 0.2) is 5.96 Å². The van der Waals surface area contributed by atoms with Crippen LogP contribution in [0.2, 0.25) is 0 Å². The van der Waals surface area contributed by atoms with Crippen molar-refractivity contribution >= 4 is 11.9 Å². The molecular formula is C20H38N4O2. The van der Waals surface area contributed by atoms with Crippen molar-refractivity contribution in [1.82, 2.24) is 15.5 Å². The van der Waals surface area contributed by atoms with Gasteiger partial charge in [0.1, 0.15) is 0 Å². The van der Waals surface area contributed by atoms with Crippen LogP contribution < -0.4 is 10.6 Å². The lowest BCUT2D eigenvalue weighted by Gasteiger charge is -2.39. The first-order chi connectivity index (χ1) is 12.6. The van der Waals surface area contributed by atoms with Crippen molar-refractivity contribution in [2.75, 3.05) is 40.3 Å². The molecule has 2 fully saturated rings. The van der Waals surface area contributed by atoms with Gasteiger partial charge >= 0.3 is 0 Å². The summed E-state index contributed by atoms with van der Waals surface area (Å²) in [5.41, 5.74) is -0.0261. The summed E-state index contributed by atoms with van der Waals surface area (Å²) in [6.07, 6.45) is 9.93. The fourth-order valence-corrected chi connectivity index (χ4v) is 4.17. The summed E-state index contributed by atoms with van der Waals surface area (Å²) in [7, 11) is 3.57. The predicted molar refractivity (Wildman–Crippen MR) is 106 cm³/mol. The molecule has 2 rings (SSSR count). The van der Waals surface area contributed by atoms with Crippen LogP contribution in [0, 0.1) is 5.92 Å². The molecule has 0 radical (unpaired) electrons. The number of amides is 1. The van der Waals surface area contributed by atoms with E-state index in [0.717, 1.165) is 64.3 Å². The standard InChI is InChI=1S/C20H38N4O2/c1-4-14-26-20(10-6-5-7-11-20)16-23-19(22-3)24-12-8-17(9-13-24)15-18(25)21-2/h17H,4-16H2,1-3H3,(H,21,25)(H,22,23). The average molecular weight is 367 g/mol. The monoisotopic (exact) mass is 366 g/mol. The van der Waals surface area contributed by atoms with Crippen molar-refractivity contribution in [1.29, 1.82) is 0 Å². The third-order valence-electron chi connectivity index (χ3n) is 5.82. The van der Waals surface area contributed by atoms with Gasteiger partial charge in [-0.3, -0.25) is 9.79 Å². The summed E-state index contributed by atoms with van der Waals surface area (Å²) < 4.78 is 6.29. The number of aliphatic imine (C=N–C) groups is 1. The summed E-state index contributed by atoms with van der Waals surface area (Å²) in [4.78, 5) is 18.4. The molecule has 6 heteroatoms. The van der Waals surface area contributed by atoms with Gasteiger partial charge in [0, 0.05) is 46.8 Å². The highest BCUT2D eigenvalue weighted by Crippen LogP contribution is 2.31. The number of nitrogens with zero attached hydrogens (tertiary/aromatic N) is 2. The van der Waals surface area contributed by atoms with E-state index < -0.39 is 0 Å². The Bertz CT molecular complexity index is 453. The van der Waals surface area contributed by atoms with Crippen LogP contribution in [0.15, 0.2) is 4.99 Å². The van der Waals surface area contributed by atoms with Crippen LogP contribution in [0.25, 0.3) is 0 Å². The smallest absolute Gasteiger partial charge is 0.220 e. The maximum atomic E-state index is 11.6. The Morgan fingerprint density at radius 1 is 1.23 bits per heavy atom. The van der Waals surface area contributed by atoms with Crippen LogP contribution in [0.3, 0.4) is 0 Å². The molecule has 6 nitrogen and oxygen atoms in total. The van der Waals surface area contributed by atoms with Gasteiger partial charge in [-0.2, -0.15) is 0 Å². The van der Waals surface area contributed by atoms with E-state index in [1.54, 1.807) is 7.05 Å². The molecule has 2 N–H and O–H groups in total. The van der Waals surface area contributed by atoms with Crippen molar-refractivity contribution < 1.29 is 9.53 Å². The Labute approximate surface area is 159 Å². The van der Waals surface area contributed by atoms with Crippen molar-refractivity contribution in [2.24, 2.45) is 10.9 Å². The molecule has 0 unspecified atom stereocenters. The summed E-state index contributed by atoms with van der Waals surface area (Å²) in [5, 5.41) is 6.33. The van der Waals surface area contributed by atoms with E-state index in [9.17, 15) is 4.79 Å². The Hall–Kier alpha value is -1.30. The summed E-state index contributed by atoms with van der Waals surface area (Å²) in [5.74, 6) is 1.62. The normalized spacial score (nSPS) is 21.5. The molecular weight excluding hydrogens is 328 g/mol. The number of carbonyl (C=O) groups is 1. The third kappa shape index (κ3) is 6.15. The third-order valence-corrected chi connectivity index (χ3v) is 5.82. The lowest BCUT2D eigenvalue weighted by molar-refractivity contribution is -0.121. The molecule has 0 spiro atoms. The molecule has 1 heterocycles. The van der Waals surface area contributed by atoms with Crippen LogP contribution in [-0.4, -0.2) is 62.7 Å². The van der Waals surface area contributed by atoms with Crippen molar-refractivity contribution in [3.05, 3.63) is 0 Å². The van der Waals surface area contributed by atoms with Gasteiger partial charge in [-0.05, 0) is 38.0 Å². The van der Waals surface area contributed by atoms with Crippen molar-refractivity contribution in [3.8, 4) is 0 Å². The highest BCUT2D eigenvalue weighted by molar-refractivity contribution is 5.80. The summed E-state index contributed by atoms with van der Waals surface area (Å²) >= 11 is 0. The van der Waals surface area contributed by atoms with Crippen LogP contribution in [0.4, 0.5) is 0 Å². The second-order valence-electron chi connectivity index (χ2n) is 7.80. The molecule has 1 saturated carbocycles. The maximum Gasteiger partial charge on any atom is 0.220 e. The first-order valence-electron chi connectivity index (χ1n) is 10.4. The summed E-state index contributed by atoms with van der Waals surface area (Å²) in [6, 6.07) is 0. The highest BCUT2D eigenvalue weighted by Gasteiger charge is 2.33. The second kappa shape index (κ2) is 10.8. The first-order valence-corrected chi connectivity index (χ1v) is 10.4.